The third-order valence-electron chi connectivity index (χ3n) is 3.34. The molecule has 1 N–H and O–H groups in total. The molecule has 1 atom stereocenters. The lowest BCUT2D eigenvalue weighted by Crippen LogP contribution is -2.27. The topological polar surface area (TPSA) is 49.0 Å². The molecule has 2 heterocycles. The van der Waals surface area contributed by atoms with E-state index in [4.69, 9.17) is 0 Å². The van der Waals surface area contributed by atoms with Crippen LogP contribution in [0.15, 0.2) is 24.4 Å². The van der Waals surface area contributed by atoms with Crippen molar-refractivity contribution < 1.29 is 4.79 Å². The van der Waals surface area contributed by atoms with Crippen LogP contribution in [0, 0.1) is 0 Å². The normalized spacial score (nSPS) is 19.9. The van der Waals surface area contributed by atoms with Gasteiger partial charge in [-0.3, -0.25) is 9.89 Å². The molecule has 0 aliphatic carbocycles. The first kappa shape index (κ1) is 11.7. The number of carbonyl (C=O) groups excluding carboxylic acids is 1. The number of carbonyl (C=O) groups is 1. The molecule has 1 aliphatic heterocycles. The minimum absolute atomic E-state index is 0.251. The number of nitrogens with zero attached hydrogens (tertiary/aromatic N) is 2. The number of fused-ring (bicyclic) bond motifs is 1. The summed E-state index contributed by atoms with van der Waals surface area (Å²) in [6, 6.07) is 6.26. The highest BCUT2D eigenvalue weighted by atomic mass is 79.9. The van der Waals surface area contributed by atoms with Gasteiger partial charge in [-0.05, 0) is 24.1 Å². The fourth-order valence-electron chi connectivity index (χ4n) is 2.35. The third kappa shape index (κ3) is 2.27. The Labute approximate surface area is 113 Å². The minimum Gasteiger partial charge on any atom is -0.341 e. The molecular weight excluding hydrogens is 294 g/mol. The average Bonchev–Trinajstić information content (AvgIpc) is 2.92. The number of hydrogen-bond acceptors (Lipinski definition) is 2. The van der Waals surface area contributed by atoms with Crippen LogP contribution in [0.3, 0.4) is 0 Å². The number of aromatic nitrogens is 2. The number of alkyl halides is 1. The Morgan fingerprint density at radius 2 is 2.39 bits per heavy atom. The summed E-state index contributed by atoms with van der Waals surface area (Å²) in [4.78, 5) is 13.9. The molecule has 1 fully saturated rings. The van der Waals surface area contributed by atoms with Crippen molar-refractivity contribution in [3.8, 4) is 0 Å². The van der Waals surface area contributed by atoms with E-state index < -0.39 is 0 Å². The first-order valence-corrected chi connectivity index (χ1v) is 6.98. The number of benzene rings is 1. The van der Waals surface area contributed by atoms with Crippen molar-refractivity contribution in [1.29, 1.82) is 0 Å². The Morgan fingerprint density at radius 1 is 1.50 bits per heavy atom. The summed E-state index contributed by atoms with van der Waals surface area (Å²) < 4.78 is 0. The van der Waals surface area contributed by atoms with E-state index in [-0.39, 0.29) is 5.91 Å². The van der Waals surface area contributed by atoms with E-state index in [0.29, 0.717) is 11.2 Å². The molecule has 5 heteroatoms. The van der Waals surface area contributed by atoms with Crippen molar-refractivity contribution >= 4 is 32.7 Å². The second kappa shape index (κ2) is 4.72. The zero-order valence-corrected chi connectivity index (χ0v) is 11.5. The summed E-state index contributed by atoms with van der Waals surface area (Å²) in [6.07, 6.45) is 3.35. The number of hydrogen-bond donors (Lipinski definition) is 1. The zero-order valence-electron chi connectivity index (χ0n) is 9.90. The maximum Gasteiger partial charge on any atom is 0.223 e. The van der Waals surface area contributed by atoms with Crippen LogP contribution in [0.1, 0.15) is 12.0 Å². The molecule has 0 radical (unpaired) electrons. The number of halogens is 1. The van der Waals surface area contributed by atoms with Gasteiger partial charge in [0.15, 0.2) is 0 Å². The zero-order chi connectivity index (χ0) is 12.5. The first-order chi connectivity index (χ1) is 8.72. The number of H-pyrrole nitrogens is 1. The maximum atomic E-state index is 11.7. The van der Waals surface area contributed by atoms with Gasteiger partial charge in [-0.25, -0.2) is 0 Å². The van der Waals surface area contributed by atoms with Gasteiger partial charge in [0.2, 0.25) is 5.91 Å². The summed E-state index contributed by atoms with van der Waals surface area (Å²) in [5.41, 5.74) is 2.30. The molecule has 1 amide bonds. The second-order valence-electron chi connectivity index (χ2n) is 4.68. The summed E-state index contributed by atoms with van der Waals surface area (Å²) >= 11 is 3.50. The van der Waals surface area contributed by atoms with E-state index in [9.17, 15) is 4.79 Å². The molecule has 3 rings (SSSR count). The van der Waals surface area contributed by atoms with Gasteiger partial charge in [0.25, 0.3) is 0 Å². The molecule has 0 saturated carbocycles. The van der Waals surface area contributed by atoms with Crippen LogP contribution in [0.4, 0.5) is 0 Å². The smallest absolute Gasteiger partial charge is 0.223 e. The Bertz CT molecular complexity index is 580. The predicted octanol–water partition coefficient (Wildman–Crippen LogP) is 2.10. The molecule has 1 saturated heterocycles. The summed E-state index contributed by atoms with van der Waals surface area (Å²) in [7, 11) is 0. The number of amides is 1. The highest BCUT2D eigenvalue weighted by molar-refractivity contribution is 9.09. The van der Waals surface area contributed by atoms with Crippen LogP contribution in [0.2, 0.25) is 0 Å². The first-order valence-electron chi connectivity index (χ1n) is 6.06. The van der Waals surface area contributed by atoms with Gasteiger partial charge in [-0.15, -0.1) is 0 Å². The molecule has 1 unspecified atom stereocenters. The molecular formula is C13H14BrN3O. The van der Waals surface area contributed by atoms with Gasteiger partial charge < -0.3 is 4.90 Å². The van der Waals surface area contributed by atoms with E-state index >= 15 is 0 Å². The molecule has 0 bridgehead atoms. The van der Waals surface area contributed by atoms with E-state index in [1.807, 2.05) is 17.2 Å². The molecule has 4 nitrogen and oxygen atoms in total. The number of rotatable bonds is 3. The Hall–Kier alpha value is -1.36. The Morgan fingerprint density at radius 3 is 3.17 bits per heavy atom. The molecule has 94 valence electrons. The lowest BCUT2D eigenvalue weighted by molar-refractivity contribution is -0.127. The van der Waals surface area contributed by atoms with E-state index in [0.717, 1.165) is 30.4 Å². The van der Waals surface area contributed by atoms with E-state index in [1.165, 1.54) is 5.56 Å². The van der Waals surface area contributed by atoms with Crippen molar-refractivity contribution in [2.75, 3.05) is 13.1 Å². The average molecular weight is 308 g/mol. The van der Waals surface area contributed by atoms with Crippen LogP contribution in [-0.4, -0.2) is 38.9 Å². The molecule has 1 aliphatic rings. The van der Waals surface area contributed by atoms with Crippen molar-refractivity contribution in [3.63, 3.8) is 0 Å². The molecule has 2 aromatic rings. The van der Waals surface area contributed by atoms with Crippen molar-refractivity contribution in [2.45, 2.75) is 17.7 Å². The lowest BCUT2D eigenvalue weighted by Gasteiger charge is -2.15. The highest BCUT2D eigenvalue weighted by Gasteiger charge is 2.26. The molecule has 1 aromatic carbocycles. The van der Waals surface area contributed by atoms with Crippen molar-refractivity contribution in [3.05, 3.63) is 30.0 Å². The second-order valence-corrected chi connectivity index (χ2v) is 5.98. The highest BCUT2D eigenvalue weighted by Crippen LogP contribution is 2.19. The number of nitrogens with one attached hydrogen (secondary N) is 1. The van der Waals surface area contributed by atoms with Gasteiger partial charge in [-0.2, -0.15) is 5.10 Å². The van der Waals surface area contributed by atoms with Gasteiger partial charge >= 0.3 is 0 Å². The van der Waals surface area contributed by atoms with Crippen LogP contribution < -0.4 is 0 Å². The molecule has 0 spiro atoms. The SMILES string of the molecule is O=C1CC(Br)CN1CCc1ccc2[nH]ncc2c1. The largest absolute Gasteiger partial charge is 0.341 e. The third-order valence-corrected chi connectivity index (χ3v) is 3.96. The standard InChI is InChI=1S/C13H14BrN3O/c14-11-6-13(18)17(8-11)4-3-9-1-2-12-10(5-9)7-15-16-12/h1-2,5,7,11H,3-4,6,8H2,(H,15,16). The number of likely N-dealkylation sites (tertiary alicyclic amines) is 1. The molecule has 1 aromatic heterocycles. The fraction of sp³-hybridized carbons (Fsp3) is 0.385. The van der Waals surface area contributed by atoms with Crippen LogP contribution in [0.25, 0.3) is 10.9 Å². The van der Waals surface area contributed by atoms with Crippen LogP contribution in [-0.2, 0) is 11.2 Å². The van der Waals surface area contributed by atoms with Gasteiger partial charge in [0.1, 0.15) is 0 Å². The summed E-state index contributed by atoms with van der Waals surface area (Å²) in [5, 5.41) is 8.07. The minimum atomic E-state index is 0.251. The van der Waals surface area contributed by atoms with Gasteiger partial charge in [0.05, 0.1) is 11.7 Å². The predicted molar refractivity (Wildman–Crippen MR) is 73.7 cm³/mol. The molecule has 18 heavy (non-hydrogen) atoms. The van der Waals surface area contributed by atoms with Crippen LogP contribution in [0.5, 0.6) is 0 Å². The lowest BCUT2D eigenvalue weighted by atomic mass is 10.1. The fourth-order valence-corrected chi connectivity index (χ4v) is 2.98. The van der Waals surface area contributed by atoms with Gasteiger partial charge in [-0.1, -0.05) is 22.0 Å². The monoisotopic (exact) mass is 307 g/mol. The number of aromatic amines is 1. The summed E-state index contributed by atoms with van der Waals surface area (Å²) in [6.45, 7) is 1.62. The van der Waals surface area contributed by atoms with E-state index in [1.54, 1.807) is 0 Å². The van der Waals surface area contributed by atoms with Crippen LogP contribution >= 0.6 is 15.9 Å². The summed E-state index contributed by atoms with van der Waals surface area (Å²) in [5.74, 6) is 0.251. The Kier molecular flexibility index (Phi) is 3.07. The Balaban J connectivity index is 1.67. The van der Waals surface area contributed by atoms with Crippen molar-refractivity contribution in [2.24, 2.45) is 0 Å². The van der Waals surface area contributed by atoms with Gasteiger partial charge in [0, 0.05) is 29.7 Å². The quantitative estimate of drug-likeness (QED) is 0.883. The maximum absolute atomic E-state index is 11.7. The van der Waals surface area contributed by atoms with E-state index in [2.05, 4.69) is 38.3 Å². The van der Waals surface area contributed by atoms with Crippen molar-refractivity contribution in [1.82, 2.24) is 15.1 Å².